The number of carbonyl (C=O) groups is 2. The summed E-state index contributed by atoms with van der Waals surface area (Å²) in [5.41, 5.74) is -0.0892. The van der Waals surface area contributed by atoms with E-state index in [0.717, 1.165) is 38.4 Å². The molecule has 0 aromatic carbocycles. The summed E-state index contributed by atoms with van der Waals surface area (Å²) < 4.78 is 33.7. The van der Waals surface area contributed by atoms with Crippen LogP contribution in [-0.2, 0) is 10.2 Å². The highest BCUT2D eigenvalue weighted by molar-refractivity contribution is 7.86. The van der Waals surface area contributed by atoms with E-state index in [1.807, 2.05) is 0 Å². The molecule has 27 heavy (non-hydrogen) atoms. The molecule has 1 N–H and O–H groups in total. The Hall–Kier alpha value is -1.91. The van der Waals surface area contributed by atoms with E-state index in [1.165, 1.54) is 19.6 Å². The molecule has 0 bridgehead atoms. The molecule has 2 heterocycles. The van der Waals surface area contributed by atoms with Gasteiger partial charge in [0.15, 0.2) is 5.76 Å². The Kier molecular flexibility index (Phi) is 5.87. The molecule has 0 spiro atoms. The van der Waals surface area contributed by atoms with Gasteiger partial charge in [0.2, 0.25) is 0 Å². The predicted octanol–water partition coefficient (Wildman–Crippen LogP) is 1.24. The second-order valence-corrected chi connectivity index (χ2v) is 9.00. The van der Waals surface area contributed by atoms with Crippen molar-refractivity contribution in [1.82, 2.24) is 13.5 Å². The molecule has 1 amide bonds. The summed E-state index contributed by atoms with van der Waals surface area (Å²) in [6, 6.07) is 1.23. The molecule has 2 aliphatic rings. The SMILES string of the molecule is CN(C1CCCCC1)S(=O)(=O)N1CCN(C(=O)c2cc(C(=O)O)co2)CC1. The lowest BCUT2D eigenvalue weighted by molar-refractivity contribution is 0.0659. The lowest BCUT2D eigenvalue weighted by atomic mass is 9.96. The van der Waals surface area contributed by atoms with Gasteiger partial charge >= 0.3 is 5.97 Å². The zero-order valence-electron chi connectivity index (χ0n) is 15.3. The largest absolute Gasteiger partial charge is 0.478 e. The van der Waals surface area contributed by atoms with Gasteiger partial charge in [0.05, 0.1) is 5.56 Å². The summed E-state index contributed by atoms with van der Waals surface area (Å²) in [4.78, 5) is 24.8. The summed E-state index contributed by atoms with van der Waals surface area (Å²) in [5.74, 6) is -1.65. The summed E-state index contributed by atoms with van der Waals surface area (Å²) in [7, 11) is -1.92. The first-order valence-electron chi connectivity index (χ1n) is 9.15. The molecule has 1 aliphatic carbocycles. The van der Waals surface area contributed by atoms with Crippen LogP contribution >= 0.6 is 0 Å². The number of piperazine rings is 1. The first-order valence-corrected chi connectivity index (χ1v) is 10.5. The maximum atomic E-state index is 12.9. The number of furan rings is 1. The Morgan fingerprint density at radius 2 is 1.78 bits per heavy atom. The second kappa shape index (κ2) is 7.99. The molecule has 1 saturated heterocycles. The van der Waals surface area contributed by atoms with E-state index in [4.69, 9.17) is 9.52 Å². The predicted molar refractivity (Wildman–Crippen MR) is 96.7 cm³/mol. The molecule has 150 valence electrons. The molecule has 1 saturated carbocycles. The fourth-order valence-corrected chi connectivity index (χ4v) is 5.23. The van der Waals surface area contributed by atoms with Crippen LogP contribution in [0, 0.1) is 0 Å². The summed E-state index contributed by atoms with van der Waals surface area (Å²) in [6.07, 6.45) is 6.05. The highest BCUT2D eigenvalue weighted by Crippen LogP contribution is 2.25. The fraction of sp³-hybridized carbons (Fsp3) is 0.647. The van der Waals surface area contributed by atoms with Crippen LogP contribution < -0.4 is 0 Å². The van der Waals surface area contributed by atoms with Crippen LogP contribution in [0.15, 0.2) is 16.7 Å². The molecule has 0 unspecified atom stereocenters. The highest BCUT2D eigenvalue weighted by atomic mass is 32.2. The lowest BCUT2D eigenvalue weighted by Crippen LogP contribution is -2.55. The number of carboxylic acids is 1. The molecule has 2 fully saturated rings. The van der Waals surface area contributed by atoms with Crippen molar-refractivity contribution in [2.24, 2.45) is 0 Å². The van der Waals surface area contributed by atoms with Crippen LogP contribution in [0.2, 0.25) is 0 Å². The zero-order valence-corrected chi connectivity index (χ0v) is 16.2. The van der Waals surface area contributed by atoms with Gasteiger partial charge in [-0.25, -0.2) is 4.79 Å². The summed E-state index contributed by atoms with van der Waals surface area (Å²) in [6.45, 7) is 0.884. The van der Waals surface area contributed by atoms with Gasteiger partial charge in [0.25, 0.3) is 16.1 Å². The number of rotatable bonds is 5. The quantitative estimate of drug-likeness (QED) is 0.797. The average Bonchev–Trinajstić information content (AvgIpc) is 3.18. The molecule has 0 atom stereocenters. The monoisotopic (exact) mass is 399 g/mol. The Morgan fingerprint density at radius 1 is 1.15 bits per heavy atom. The second-order valence-electron chi connectivity index (χ2n) is 7.01. The number of amides is 1. The maximum Gasteiger partial charge on any atom is 0.338 e. The van der Waals surface area contributed by atoms with Gasteiger partial charge in [-0.2, -0.15) is 17.0 Å². The molecule has 10 heteroatoms. The fourth-order valence-electron chi connectivity index (χ4n) is 3.65. The average molecular weight is 399 g/mol. The van der Waals surface area contributed by atoms with Crippen molar-refractivity contribution < 1.29 is 27.5 Å². The minimum atomic E-state index is -3.56. The maximum absolute atomic E-state index is 12.9. The number of hydrogen-bond acceptors (Lipinski definition) is 5. The van der Waals surface area contributed by atoms with E-state index in [1.54, 1.807) is 7.05 Å². The van der Waals surface area contributed by atoms with Crippen molar-refractivity contribution in [3.05, 3.63) is 23.7 Å². The van der Waals surface area contributed by atoms with Crippen molar-refractivity contribution in [2.75, 3.05) is 33.2 Å². The van der Waals surface area contributed by atoms with Crippen LogP contribution in [-0.4, -0.2) is 78.2 Å². The number of aromatic carboxylic acids is 1. The van der Waals surface area contributed by atoms with E-state index in [9.17, 15) is 18.0 Å². The van der Waals surface area contributed by atoms with E-state index in [-0.39, 0.29) is 43.5 Å². The molecule has 1 aromatic heterocycles. The van der Waals surface area contributed by atoms with E-state index in [0.29, 0.717) is 0 Å². The van der Waals surface area contributed by atoms with Crippen molar-refractivity contribution >= 4 is 22.1 Å². The number of carboxylic acid groups (broad SMARTS) is 1. The summed E-state index contributed by atoms with van der Waals surface area (Å²) >= 11 is 0. The van der Waals surface area contributed by atoms with Crippen LogP contribution in [0.25, 0.3) is 0 Å². The molecule has 9 nitrogen and oxygen atoms in total. The van der Waals surface area contributed by atoms with E-state index in [2.05, 4.69) is 0 Å². The Bertz CT molecular complexity index is 791. The van der Waals surface area contributed by atoms with Gasteiger partial charge in [-0.05, 0) is 12.8 Å². The van der Waals surface area contributed by atoms with Gasteiger partial charge < -0.3 is 14.4 Å². The number of hydrogen-bond donors (Lipinski definition) is 1. The topological polar surface area (TPSA) is 111 Å². The number of nitrogens with zero attached hydrogens (tertiary/aromatic N) is 3. The first-order chi connectivity index (χ1) is 12.8. The van der Waals surface area contributed by atoms with E-state index < -0.39 is 22.1 Å². The number of carbonyl (C=O) groups excluding carboxylic acids is 1. The minimum absolute atomic E-state index is 0.0426. The van der Waals surface area contributed by atoms with Gasteiger partial charge in [-0.3, -0.25) is 4.79 Å². The molecule has 3 rings (SSSR count). The van der Waals surface area contributed by atoms with Gasteiger partial charge in [0, 0.05) is 45.3 Å². The van der Waals surface area contributed by atoms with Crippen LogP contribution in [0.3, 0.4) is 0 Å². The van der Waals surface area contributed by atoms with E-state index >= 15 is 0 Å². The van der Waals surface area contributed by atoms with Crippen LogP contribution in [0.4, 0.5) is 0 Å². The smallest absolute Gasteiger partial charge is 0.338 e. The Labute approximate surface area is 158 Å². The van der Waals surface area contributed by atoms with Gasteiger partial charge in [-0.1, -0.05) is 19.3 Å². The van der Waals surface area contributed by atoms with Crippen LogP contribution in [0.1, 0.15) is 53.0 Å². The first kappa shape index (κ1) is 19.8. The Morgan fingerprint density at radius 3 is 2.33 bits per heavy atom. The normalized spacial score (nSPS) is 20.1. The molecule has 1 aliphatic heterocycles. The third-order valence-electron chi connectivity index (χ3n) is 5.36. The van der Waals surface area contributed by atoms with Crippen LogP contribution in [0.5, 0.6) is 0 Å². The third kappa shape index (κ3) is 4.17. The molecular formula is C17H25N3O6S. The lowest BCUT2D eigenvalue weighted by Gasteiger charge is -2.38. The minimum Gasteiger partial charge on any atom is -0.478 e. The molecular weight excluding hydrogens is 374 g/mol. The van der Waals surface area contributed by atoms with Gasteiger partial charge in [-0.15, -0.1) is 0 Å². The summed E-state index contributed by atoms with van der Waals surface area (Å²) in [5, 5.41) is 8.91. The molecule has 1 aromatic rings. The van der Waals surface area contributed by atoms with Crippen molar-refractivity contribution in [2.45, 2.75) is 38.1 Å². The van der Waals surface area contributed by atoms with Crippen molar-refractivity contribution in [1.29, 1.82) is 0 Å². The Balaban J connectivity index is 1.60. The van der Waals surface area contributed by atoms with Crippen molar-refractivity contribution in [3.63, 3.8) is 0 Å². The molecule has 0 radical (unpaired) electrons. The van der Waals surface area contributed by atoms with Crippen molar-refractivity contribution in [3.8, 4) is 0 Å². The third-order valence-corrected chi connectivity index (χ3v) is 7.41. The standard InChI is InChI=1S/C17H25N3O6S/c1-18(14-5-3-2-4-6-14)27(24,25)20-9-7-19(8-10-20)16(21)15-11-13(12-26-15)17(22)23/h11-12,14H,2-10H2,1H3,(H,22,23). The highest BCUT2D eigenvalue weighted by Gasteiger charge is 2.35. The van der Waals surface area contributed by atoms with Gasteiger partial charge in [0.1, 0.15) is 6.26 Å². The zero-order chi connectivity index (χ0) is 19.6.